The normalized spacial score (nSPS) is 12.1. The fourth-order valence-electron chi connectivity index (χ4n) is 2.16. The molecule has 0 bridgehead atoms. The van der Waals surface area contributed by atoms with E-state index in [2.05, 4.69) is 6.58 Å². The standard InChI is InChI=1S/C16H16FNO3/c1-4-10(3)18-9-12(16(20)21-5-2)15(19)11-7-6-8-13(17)14(11)18/h4,6-10H,1,5H2,2-3H3. The average molecular weight is 289 g/mol. The Kier molecular flexibility index (Phi) is 4.21. The van der Waals surface area contributed by atoms with Gasteiger partial charge in [0.1, 0.15) is 11.4 Å². The summed E-state index contributed by atoms with van der Waals surface area (Å²) in [7, 11) is 0. The van der Waals surface area contributed by atoms with Crippen LogP contribution in [0.25, 0.3) is 10.9 Å². The van der Waals surface area contributed by atoms with Crippen LogP contribution in [-0.4, -0.2) is 17.1 Å². The quantitative estimate of drug-likeness (QED) is 0.642. The lowest BCUT2D eigenvalue weighted by atomic mass is 10.1. The molecule has 1 unspecified atom stereocenters. The van der Waals surface area contributed by atoms with Crippen LogP contribution in [0, 0.1) is 5.82 Å². The van der Waals surface area contributed by atoms with Crippen LogP contribution in [0.3, 0.4) is 0 Å². The molecule has 0 N–H and O–H groups in total. The Morgan fingerprint density at radius 3 is 2.86 bits per heavy atom. The predicted molar refractivity (Wildman–Crippen MR) is 79.0 cm³/mol. The van der Waals surface area contributed by atoms with Crippen molar-refractivity contribution < 1.29 is 13.9 Å². The van der Waals surface area contributed by atoms with Crippen LogP contribution < -0.4 is 5.43 Å². The van der Waals surface area contributed by atoms with Crippen LogP contribution >= 0.6 is 0 Å². The number of benzene rings is 1. The molecule has 0 saturated heterocycles. The van der Waals surface area contributed by atoms with Crippen LogP contribution in [0.2, 0.25) is 0 Å². The maximum atomic E-state index is 14.1. The van der Waals surface area contributed by atoms with Crippen LogP contribution in [0.15, 0.2) is 41.8 Å². The molecule has 0 radical (unpaired) electrons. The summed E-state index contributed by atoms with van der Waals surface area (Å²) in [6, 6.07) is 3.93. The van der Waals surface area contributed by atoms with Gasteiger partial charge in [-0.05, 0) is 26.0 Å². The van der Waals surface area contributed by atoms with E-state index in [0.29, 0.717) is 0 Å². The van der Waals surface area contributed by atoms with Gasteiger partial charge in [0.25, 0.3) is 0 Å². The van der Waals surface area contributed by atoms with Gasteiger partial charge in [-0.25, -0.2) is 9.18 Å². The molecule has 1 aromatic heterocycles. The minimum Gasteiger partial charge on any atom is -0.462 e. The van der Waals surface area contributed by atoms with Crippen molar-refractivity contribution in [3.05, 3.63) is 58.7 Å². The zero-order chi connectivity index (χ0) is 15.6. The van der Waals surface area contributed by atoms with Crippen molar-refractivity contribution in [1.29, 1.82) is 0 Å². The number of hydrogen-bond donors (Lipinski definition) is 0. The molecule has 0 amide bonds. The Hall–Kier alpha value is -2.43. The van der Waals surface area contributed by atoms with Crippen molar-refractivity contribution in [3.8, 4) is 0 Å². The summed E-state index contributed by atoms with van der Waals surface area (Å²) in [5, 5.41) is 0.147. The molecule has 1 aromatic carbocycles. The number of esters is 1. The number of para-hydroxylation sites is 1. The Bertz CT molecular complexity index is 764. The smallest absolute Gasteiger partial charge is 0.343 e. The molecule has 0 aliphatic heterocycles. The molecule has 0 aliphatic rings. The van der Waals surface area contributed by atoms with Crippen molar-refractivity contribution in [2.75, 3.05) is 6.61 Å². The second kappa shape index (κ2) is 5.91. The van der Waals surface area contributed by atoms with E-state index in [9.17, 15) is 14.0 Å². The molecule has 0 saturated carbocycles. The number of ether oxygens (including phenoxy) is 1. The number of rotatable bonds is 4. The number of carbonyl (C=O) groups is 1. The van der Waals surface area contributed by atoms with Crippen LogP contribution in [-0.2, 0) is 4.74 Å². The Balaban J connectivity index is 2.86. The first-order chi connectivity index (χ1) is 10.0. The first-order valence-electron chi connectivity index (χ1n) is 6.64. The van der Waals surface area contributed by atoms with Gasteiger partial charge in [0.15, 0.2) is 0 Å². The highest BCUT2D eigenvalue weighted by Crippen LogP contribution is 2.21. The lowest BCUT2D eigenvalue weighted by Crippen LogP contribution is -2.22. The van der Waals surface area contributed by atoms with Gasteiger partial charge in [-0.3, -0.25) is 4.79 Å². The summed E-state index contributed by atoms with van der Waals surface area (Å²) in [6.45, 7) is 7.28. The maximum Gasteiger partial charge on any atom is 0.343 e. The third kappa shape index (κ3) is 2.59. The lowest BCUT2D eigenvalue weighted by molar-refractivity contribution is 0.0524. The number of aromatic nitrogens is 1. The minimum absolute atomic E-state index is 0.108. The highest BCUT2D eigenvalue weighted by Gasteiger charge is 2.19. The zero-order valence-corrected chi connectivity index (χ0v) is 11.9. The molecular formula is C16H16FNO3. The van der Waals surface area contributed by atoms with Gasteiger partial charge in [-0.1, -0.05) is 12.1 Å². The molecule has 2 aromatic rings. The lowest BCUT2D eigenvalue weighted by Gasteiger charge is -2.17. The highest BCUT2D eigenvalue weighted by molar-refractivity contribution is 5.94. The van der Waals surface area contributed by atoms with Gasteiger partial charge in [0.2, 0.25) is 5.43 Å². The maximum absolute atomic E-state index is 14.1. The van der Waals surface area contributed by atoms with Crippen molar-refractivity contribution in [1.82, 2.24) is 4.57 Å². The number of halogens is 1. The van der Waals surface area contributed by atoms with E-state index in [1.807, 2.05) is 0 Å². The minimum atomic E-state index is -0.710. The number of allylic oxidation sites excluding steroid dienone is 1. The molecule has 0 aliphatic carbocycles. The first kappa shape index (κ1) is 15.0. The number of nitrogens with zero attached hydrogens (tertiary/aromatic N) is 1. The molecule has 0 fully saturated rings. The number of fused-ring (bicyclic) bond motifs is 1. The molecule has 0 spiro atoms. The summed E-state index contributed by atoms with van der Waals surface area (Å²) in [4.78, 5) is 24.3. The Morgan fingerprint density at radius 1 is 1.52 bits per heavy atom. The Morgan fingerprint density at radius 2 is 2.24 bits per heavy atom. The van der Waals surface area contributed by atoms with Gasteiger partial charge in [-0.15, -0.1) is 6.58 Å². The van der Waals surface area contributed by atoms with Gasteiger partial charge in [-0.2, -0.15) is 0 Å². The summed E-state index contributed by atoms with van der Waals surface area (Å²) >= 11 is 0. The zero-order valence-electron chi connectivity index (χ0n) is 11.9. The topological polar surface area (TPSA) is 48.3 Å². The van der Waals surface area contributed by atoms with Gasteiger partial charge in [0.05, 0.1) is 12.1 Å². The van der Waals surface area contributed by atoms with Gasteiger partial charge < -0.3 is 9.30 Å². The largest absolute Gasteiger partial charge is 0.462 e. The van der Waals surface area contributed by atoms with E-state index >= 15 is 0 Å². The number of pyridine rings is 1. The van der Waals surface area contributed by atoms with Crippen LogP contribution in [0.4, 0.5) is 4.39 Å². The van der Waals surface area contributed by atoms with Crippen molar-refractivity contribution in [2.45, 2.75) is 19.9 Å². The fraction of sp³-hybridized carbons (Fsp3) is 0.250. The van der Waals surface area contributed by atoms with E-state index in [-0.39, 0.29) is 29.1 Å². The monoisotopic (exact) mass is 289 g/mol. The molecule has 21 heavy (non-hydrogen) atoms. The average Bonchev–Trinajstić information content (AvgIpc) is 2.47. The van der Waals surface area contributed by atoms with E-state index in [1.54, 1.807) is 19.9 Å². The van der Waals surface area contributed by atoms with Crippen molar-refractivity contribution >= 4 is 16.9 Å². The summed E-state index contributed by atoms with van der Waals surface area (Å²) < 4.78 is 20.5. The molecule has 1 heterocycles. The van der Waals surface area contributed by atoms with Gasteiger partial charge in [0, 0.05) is 17.6 Å². The third-order valence-corrected chi connectivity index (χ3v) is 3.28. The SMILES string of the molecule is C=CC(C)n1cc(C(=O)OCC)c(=O)c2cccc(F)c21. The van der Waals surface area contributed by atoms with Gasteiger partial charge >= 0.3 is 5.97 Å². The fourth-order valence-corrected chi connectivity index (χ4v) is 2.16. The number of carbonyl (C=O) groups excluding carboxylic acids is 1. The van der Waals surface area contributed by atoms with E-state index in [1.165, 1.54) is 29.0 Å². The van der Waals surface area contributed by atoms with Crippen LogP contribution in [0.1, 0.15) is 30.2 Å². The first-order valence-corrected chi connectivity index (χ1v) is 6.64. The second-order valence-electron chi connectivity index (χ2n) is 4.61. The van der Waals surface area contributed by atoms with E-state index in [4.69, 9.17) is 4.74 Å². The number of hydrogen-bond acceptors (Lipinski definition) is 3. The highest BCUT2D eigenvalue weighted by atomic mass is 19.1. The Labute approximate surface area is 121 Å². The summed E-state index contributed by atoms with van der Waals surface area (Å²) in [6.07, 6.45) is 2.93. The van der Waals surface area contributed by atoms with E-state index in [0.717, 1.165) is 0 Å². The van der Waals surface area contributed by atoms with Crippen LogP contribution in [0.5, 0.6) is 0 Å². The molecular weight excluding hydrogens is 273 g/mol. The molecule has 5 heteroatoms. The molecule has 1 atom stereocenters. The van der Waals surface area contributed by atoms with E-state index < -0.39 is 17.2 Å². The van der Waals surface area contributed by atoms with Crippen molar-refractivity contribution in [2.24, 2.45) is 0 Å². The molecule has 4 nitrogen and oxygen atoms in total. The second-order valence-corrected chi connectivity index (χ2v) is 4.61. The molecule has 2 rings (SSSR count). The predicted octanol–water partition coefficient (Wildman–Crippen LogP) is 3.06. The summed E-state index contributed by atoms with van der Waals surface area (Å²) in [5.74, 6) is -1.23. The van der Waals surface area contributed by atoms with Crippen molar-refractivity contribution in [3.63, 3.8) is 0 Å². The third-order valence-electron chi connectivity index (χ3n) is 3.28. The molecule has 110 valence electrons. The summed E-state index contributed by atoms with van der Waals surface area (Å²) in [5.41, 5.74) is -0.484.